The highest BCUT2D eigenvalue weighted by Gasteiger charge is 2.24. The number of anilines is 1. The second-order valence-corrected chi connectivity index (χ2v) is 5.55. The molecule has 5 nitrogen and oxygen atoms in total. The number of hydrogen-bond donors (Lipinski definition) is 2. The molecule has 0 aliphatic carbocycles. The molecule has 1 aromatic carbocycles. The van der Waals surface area contributed by atoms with Crippen LogP contribution in [0, 0.1) is 11.6 Å². The molecule has 0 bridgehead atoms. The van der Waals surface area contributed by atoms with Gasteiger partial charge in [-0.3, -0.25) is 4.72 Å². The molecule has 1 saturated heterocycles. The quantitative estimate of drug-likeness (QED) is 0.847. The lowest BCUT2D eigenvalue weighted by Crippen LogP contribution is -2.48. The van der Waals surface area contributed by atoms with Crippen LogP contribution < -0.4 is 10.0 Å². The van der Waals surface area contributed by atoms with Crippen LogP contribution in [0.4, 0.5) is 14.5 Å². The smallest absolute Gasteiger partial charge is 0.301 e. The summed E-state index contributed by atoms with van der Waals surface area (Å²) < 4.78 is 53.4. The van der Waals surface area contributed by atoms with Gasteiger partial charge in [0.05, 0.1) is 5.69 Å². The van der Waals surface area contributed by atoms with Crippen molar-refractivity contribution in [1.82, 2.24) is 9.62 Å². The summed E-state index contributed by atoms with van der Waals surface area (Å²) in [5.74, 6) is -1.51. The van der Waals surface area contributed by atoms with Gasteiger partial charge >= 0.3 is 10.2 Å². The number of halogens is 2. The molecule has 1 fully saturated rings. The molecule has 0 aromatic heterocycles. The number of piperazine rings is 1. The van der Waals surface area contributed by atoms with E-state index in [2.05, 4.69) is 10.0 Å². The Morgan fingerprint density at radius 1 is 1.22 bits per heavy atom. The van der Waals surface area contributed by atoms with Gasteiger partial charge in [0.25, 0.3) is 0 Å². The minimum atomic E-state index is -3.84. The Balaban J connectivity index is 2.18. The summed E-state index contributed by atoms with van der Waals surface area (Å²) >= 11 is 0. The molecule has 1 aliphatic rings. The maximum atomic E-state index is 13.3. The van der Waals surface area contributed by atoms with E-state index in [0.29, 0.717) is 26.2 Å². The van der Waals surface area contributed by atoms with E-state index in [9.17, 15) is 17.2 Å². The Kier molecular flexibility index (Phi) is 3.79. The zero-order valence-electron chi connectivity index (χ0n) is 9.49. The number of rotatable bonds is 3. The van der Waals surface area contributed by atoms with Crippen LogP contribution in [0.3, 0.4) is 0 Å². The maximum Gasteiger partial charge on any atom is 0.301 e. The van der Waals surface area contributed by atoms with E-state index < -0.39 is 21.8 Å². The van der Waals surface area contributed by atoms with E-state index >= 15 is 0 Å². The van der Waals surface area contributed by atoms with Crippen molar-refractivity contribution in [3.05, 3.63) is 29.8 Å². The summed E-state index contributed by atoms with van der Waals surface area (Å²) in [6.07, 6.45) is 0. The van der Waals surface area contributed by atoms with E-state index in [-0.39, 0.29) is 5.69 Å². The molecule has 2 N–H and O–H groups in total. The fraction of sp³-hybridized carbons (Fsp3) is 0.400. The van der Waals surface area contributed by atoms with Crippen LogP contribution in [0.1, 0.15) is 0 Å². The van der Waals surface area contributed by atoms with Gasteiger partial charge in [0.2, 0.25) is 0 Å². The van der Waals surface area contributed by atoms with Crippen LogP contribution >= 0.6 is 0 Å². The molecule has 0 saturated carbocycles. The highest BCUT2D eigenvalue weighted by atomic mass is 32.2. The Hall–Kier alpha value is -1.25. The fourth-order valence-electron chi connectivity index (χ4n) is 1.66. The Morgan fingerprint density at radius 3 is 2.56 bits per heavy atom. The average Bonchev–Trinajstić information content (AvgIpc) is 2.35. The largest absolute Gasteiger partial charge is 0.314 e. The van der Waals surface area contributed by atoms with Crippen LogP contribution in [0.25, 0.3) is 0 Å². The molecular formula is C10H13F2N3O2S. The molecule has 0 unspecified atom stereocenters. The van der Waals surface area contributed by atoms with Gasteiger partial charge in [0, 0.05) is 32.2 Å². The first-order valence-corrected chi connectivity index (χ1v) is 6.87. The first-order chi connectivity index (χ1) is 8.49. The fourth-order valence-corrected chi connectivity index (χ4v) is 2.89. The number of nitrogens with zero attached hydrogens (tertiary/aromatic N) is 1. The van der Waals surface area contributed by atoms with Crippen molar-refractivity contribution in [1.29, 1.82) is 0 Å². The van der Waals surface area contributed by atoms with E-state index in [0.717, 1.165) is 18.2 Å². The third kappa shape index (κ3) is 2.95. The van der Waals surface area contributed by atoms with Gasteiger partial charge in [0.1, 0.15) is 11.6 Å². The van der Waals surface area contributed by atoms with Crippen LogP contribution in [-0.4, -0.2) is 38.9 Å². The first kappa shape index (κ1) is 13.2. The van der Waals surface area contributed by atoms with Crippen molar-refractivity contribution in [2.24, 2.45) is 0 Å². The molecule has 100 valence electrons. The van der Waals surface area contributed by atoms with Gasteiger partial charge in [-0.2, -0.15) is 12.7 Å². The SMILES string of the molecule is O=S(=O)(Nc1cc(F)ccc1F)N1CCNCC1. The molecule has 0 spiro atoms. The standard InChI is InChI=1S/C10H13F2N3O2S/c11-8-1-2-9(12)10(7-8)14-18(16,17)15-5-3-13-4-6-15/h1-2,7,13-14H,3-6H2. The first-order valence-electron chi connectivity index (χ1n) is 5.43. The molecule has 1 aromatic rings. The summed E-state index contributed by atoms with van der Waals surface area (Å²) in [5.41, 5.74) is -0.381. The zero-order valence-corrected chi connectivity index (χ0v) is 10.3. The van der Waals surface area contributed by atoms with Crippen molar-refractivity contribution in [3.63, 3.8) is 0 Å². The normalized spacial score (nSPS) is 17.7. The predicted octanol–water partition coefficient (Wildman–Crippen LogP) is 0.527. The van der Waals surface area contributed by atoms with Gasteiger partial charge < -0.3 is 5.32 Å². The topological polar surface area (TPSA) is 61.4 Å². The predicted molar refractivity (Wildman–Crippen MR) is 63.3 cm³/mol. The highest BCUT2D eigenvalue weighted by molar-refractivity contribution is 7.90. The average molecular weight is 277 g/mol. The van der Waals surface area contributed by atoms with Crippen LogP contribution in [0.5, 0.6) is 0 Å². The second-order valence-electron chi connectivity index (χ2n) is 3.88. The Bertz CT molecular complexity index is 530. The van der Waals surface area contributed by atoms with Crippen molar-refractivity contribution >= 4 is 15.9 Å². The van der Waals surface area contributed by atoms with E-state index in [4.69, 9.17) is 0 Å². The van der Waals surface area contributed by atoms with Crippen molar-refractivity contribution in [2.75, 3.05) is 30.9 Å². The molecule has 1 heterocycles. The summed E-state index contributed by atoms with van der Waals surface area (Å²) in [6.45, 7) is 1.66. The van der Waals surface area contributed by atoms with Crippen molar-refractivity contribution in [3.8, 4) is 0 Å². The maximum absolute atomic E-state index is 13.3. The summed E-state index contributed by atoms with van der Waals surface area (Å²) in [6, 6.07) is 2.62. The lowest BCUT2D eigenvalue weighted by Gasteiger charge is -2.26. The minimum Gasteiger partial charge on any atom is -0.314 e. The Morgan fingerprint density at radius 2 is 1.89 bits per heavy atom. The van der Waals surface area contributed by atoms with Crippen LogP contribution in [0.2, 0.25) is 0 Å². The minimum absolute atomic E-state index is 0.298. The monoisotopic (exact) mass is 277 g/mol. The highest BCUT2D eigenvalue weighted by Crippen LogP contribution is 2.18. The molecule has 0 atom stereocenters. The zero-order chi connectivity index (χ0) is 13.2. The number of hydrogen-bond acceptors (Lipinski definition) is 3. The van der Waals surface area contributed by atoms with Crippen LogP contribution in [-0.2, 0) is 10.2 Å². The lowest BCUT2D eigenvalue weighted by atomic mass is 10.3. The molecule has 1 aliphatic heterocycles. The van der Waals surface area contributed by atoms with Crippen LogP contribution in [0.15, 0.2) is 18.2 Å². The summed E-state index contributed by atoms with van der Waals surface area (Å²) in [7, 11) is -3.84. The van der Waals surface area contributed by atoms with Gasteiger partial charge in [-0.15, -0.1) is 0 Å². The second kappa shape index (κ2) is 5.17. The summed E-state index contributed by atoms with van der Waals surface area (Å²) in [5, 5.41) is 3.00. The van der Waals surface area contributed by atoms with E-state index in [1.165, 1.54) is 4.31 Å². The number of nitrogens with one attached hydrogen (secondary N) is 2. The Labute approximate surface area is 104 Å². The molecule has 0 radical (unpaired) electrons. The molecule has 8 heteroatoms. The van der Waals surface area contributed by atoms with Gasteiger partial charge in [-0.25, -0.2) is 8.78 Å². The third-order valence-corrected chi connectivity index (χ3v) is 4.11. The molecule has 2 rings (SSSR count). The van der Waals surface area contributed by atoms with Crippen molar-refractivity contribution < 1.29 is 17.2 Å². The van der Waals surface area contributed by atoms with E-state index in [1.807, 2.05) is 0 Å². The summed E-state index contributed by atoms with van der Waals surface area (Å²) in [4.78, 5) is 0. The van der Waals surface area contributed by atoms with Gasteiger partial charge in [0.15, 0.2) is 0 Å². The van der Waals surface area contributed by atoms with Gasteiger partial charge in [-0.1, -0.05) is 0 Å². The molecular weight excluding hydrogens is 264 g/mol. The molecule has 18 heavy (non-hydrogen) atoms. The number of benzene rings is 1. The van der Waals surface area contributed by atoms with Crippen molar-refractivity contribution in [2.45, 2.75) is 0 Å². The van der Waals surface area contributed by atoms with E-state index in [1.54, 1.807) is 0 Å². The lowest BCUT2D eigenvalue weighted by molar-refractivity contribution is 0.362. The molecule has 0 amide bonds. The third-order valence-electron chi connectivity index (χ3n) is 2.58. The van der Waals surface area contributed by atoms with Gasteiger partial charge in [-0.05, 0) is 12.1 Å².